The van der Waals surface area contributed by atoms with E-state index in [0.29, 0.717) is 0 Å². The summed E-state index contributed by atoms with van der Waals surface area (Å²) in [6.45, 7) is 8.92. The molecule has 0 rings (SSSR count). The lowest BCUT2D eigenvalue weighted by Gasteiger charge is -2.27. The largest absolute Gasteiger partial charge is 0.357 e. The molecule has 0 aromatic carbocycles. The zero-order valence-electron chi connectivity index (χ0n) is 11.0. The molecule has 0 aromatic rings. The Labute approximate surface area is 112 Å². The lowest BCUT2D eigenvalue weighted by atomic mass is 9.99. The van der Waals surface area contributed by atoms with Gasteiger partial charge in [0.15, 0.2) is 0 Å². The van der Waals surface area contributed by atoms with Gasteiger partial charge in [-0.05, 0) is 18.8 Å². The first-order chi connectivity index (χ1) is 7.65. The van der Waals surface area contributed by atoms with Crippen LogP contribution >= 0.6 is 24.8 Å². The van der Waals surface area contributed by atoms with Crippen LogP contribution in [0.15, 0.2) is 0 Å². The van der Waals surface area contributed by atoms with Crippen molar-refractivity contribution in [2.45, 2.75) is 59.3 Å². The van der Waals surface area contributed by atoms with Crippen LogP contribution in [0.2, 0.25) is 0 Å². The molecule has 0 heterocycles. The summed E-state index contributed by atoms with van der Waals surface area (Å²) < 4.78 is 0.767. The molecule has 16 heavy (non-hydrogen) atoms. The molecular formula is C13H27NS2. The first-order valence-corrected chi connectivity index (χ1v) is 7.49. The van der Waals surface area contributed by atoms with E-state index < -0.39 is 0 Å². The maximum absolute atomic E-state index is 5.20. The molecule has 0 aliphatic carbocycles. The number of thiol groups is 1. The first kappa shape index (κ1) is 16.2. The van der Waals surface area contributed by atoms with E-state index in [1.54, 1.807) is 0 Å². The van der Waals surface area contributed by atoms with Crippen molar-refractivity contribution in [2.24, 2.45) is 5.92 Å². The van der Waals surface area contributed by atoms with Gasteiger partial charge >= 0.3 is 0 Å². The molecule has 0 amide bonds. The molecule has 3 heteroatoms. The van der Waals surface area contributed by atoms with Crippen LogP contribution in [-0.4, -0.2) is 22.3 Å². The van der Waals surface area contributed by atoms with Gasteiger partial charge in [-0.2, -0.15) is 0 Å². The summed E-state index contributed by atoms with van der Waals surface area (Å²) in [6, 6.07) is 0. The predicted octanol–water partition coefficient (Wildman–Crippen LogP) is 4.52. The summed E-state index contributed by atoms with van der Waals surface area (Å²) in [5.41, 5.74) is 0. The molecule has 1 atom stereocenters. The van der Waals surface area contributed by atoms with E-state index in [4.69, 9.17) is 12.2 Å². The van der Waals surface area contributed by atoms with Crippen LogP contribution in [0.3, 0.4) is 0 Å². The van der Waals surface area contributed by atoms with Crippen LogP contribution in [0.5, 0.6) is 0 Å². The van der Waals surface area contributed by atoms with E-state index in [-0.39, 0.29) is 0 Å². The van der Waals surface area contributed by atoms with Gasteiger partial charge in [-0.15, -0.1) is 12.6 Å². The van der Waals surface area contributed by atoms with Gasteiger partial charge in [-0.3, -0.25) is 0 Å². The molecule has 0 saturated heterocycles. The van der Waals surface area contributed by atoms with Crippen molar-refractivity contribution >= 4 is 29.2 Å². The Morgan fingerprint density at radius 3 is 2.25 bits per heavy atom. The van der Waals surface area contributed by atoms with Gasteiger partial charge < -0.3 is 4.90 Å². The highest BCUT2D eigenvalue weighted by atomic mass is 32.1. The van der Waals surface area contributed by atoms with Gasteiger partial charge in [0.2, 0.25) is 0 Å². The van der Waals surface area contributed by atoms with Crippen molar-refractivity contribution in [3.63, 3.8) is 0 Å². The van der Waals surface area contributed by atoms with Gasteiger partial charge in [-0.1, -0.05) is 58.7 Å². The van der Waals surface area contributed by atoms with E-state index in [9.17, 15) is 0 Å². The molecule has 0 spiro atoms. The van der Waals surface area contributed by atoms with E-state index in [0.717, 1.165) is 23.3 Å². The van der Waals surface area contributed by atoms with Crippen LogP contribution in [0.25, 0.3) is 0 Å². The lowest BCUT2D eigenvalue weighted by molar-refractivity contribution is 0.316. The standard InChI is InChI=1S/C13H27NS2/c1-4-7-9-12(6-3)11-14(13(15)16)10-8-5-2/h12H,4-11H2,1-3H3,(H,15,16). The minimum Gasteiger partial charge on any atom is -0.357 e. The SMILES string of the molecule is CCCCC(CC)CN(CCCC)C(=S)S. The molecule has 0 aliphatic heterocycles. The summed E-state index contributed by atoms with van der Waals surface area (Å²) in [5.74, 6) is 0.780. The Kier molecular flexibility index (Phi) is 10.6. The Bertz CT molecular complexity index is 183. The number of unbranched alkanes of at least 4 members (excludes halogenated alkanes) is 2. The van der Waals surface area contributed by atoms with Gasteiger partial charge in [0.1, 0.15) is 4.32 Å². The monoisotopic (exact) mass is 261 g/mol. The third-order valence-corrected chi connectivity index (χ3v) is 3.62. The molecule has 1 nitrogen and oxygen atoms in total. The van der Waals surface area contributed by atoms with Crippen molar-refractivity contribution in [1.82, 2.24) is 4.90 Å². The zero-order valence-corrected chi connectivity index (χ0v) is 12.7. The Hall–Kier alpha value is 0.240. The number of hydrogen-bond acceptors (Lipinski definition) is 1. The van der Waals surface area contributed by atoms with Crippen molar-refractivity contribution < 1.29 is 0 Å². The predicted molar refractivity (Wildman–Crippen MR) is 81.4 cm³/mol. The number of rotatable bonds is 9. The van der Waals surface area contributed by atoms with Crippen LogP contribution in [0.1, 0.15) is 59.3 Å². The number of hydrogen-bond donors (Lipinski definition) is 1. The summed E-state index contributed by atoms with van der Waals surface area (Å²) in [4.78, 5) is 2.27. The maximum Gasteiger partial charge on any atom is 0.133 e. The average Bonchev–Trinajstić information content (AvgIpc) is 2.28. The quantitative estimate of drug-likeness (QED) is 0.480. The number of nitrogens with zero attached hydrogens (tertiary/aromatic N) is 1. The van der Waals surface area contributed by atoms with Crippen molar-refractivity contribution in [3.8, 4) is 0 Å². The van der Waals surface area contributed by atoms with Crippen LogP contribution < -0.4 is 0 Å². The van der Waals surface area contributed by atoms with Crippen molar-refractivity contribution in [2.75, 3.05) is 13.1 Å². The molecule has 96 valence electrons. The Morgan fingerprint density at radius 2 is 1.81 bits per heavy atom. The smallest absolute Gasteiger partial charge is 0.133 e. The molecule has 0 N–H and O–H groups in total. The summed E-state index contributed by atoms with van der Waals surface area (Å²) in [5, 5.41) is 0. The molecule has 0 aromatic heterocycles. The Balaban J connectivity index is 4.06. The first-order valence-electron chi connectivity index (χ1n) is 6.63. The van der Waals surface area contributed by atoms with Gasteiger partial charge in [0, 0.05) is 13.1 Å². The van der Waals surface area contributed by atoms with Crippen LogP contribution in [0.4, 0.5) is 0 Å². The van der Waals surface area contributed by atoms with E-state index in [1.165, 1.54) is 38.5 Å². The van der Waals surface area contributed by atoms with E-state index >= 15 is 0 Å². The molecule has 0 bridgehead atoms. The van der Waals surface area contributed by atoms with E-state index in [2.05, 4.69) is 38.3 Å². The third kappa shape index (κ3) is 7.50. The maximum atomic E-state index is 5.20. The van der Waals surface area contributed by atoms with Gasteiger partial charge in [0.25, 0.3) is 0 Å². The molecule has 0 saturated carbocycles. The van der Waals surface area contributed by atoms with E-state index in [1.807, 2.05) is 0 Å². The normalized spacial score (nSPS) is 12.5. The number of thiocarbonyl (C=S) groups is 1. The van der Waals surface area contributed by atoms with Crippen LogP contribution in [0, 0.1) is 5.92 Å². The molecular weight excluding hydrogens is 234 g/mol. The highest BCUT2D eigenvalue weighted by molar-refractivity contribution is 8.10. The fourth-order valence-electron chi connectivity index (χ4n) is 1.84. The molecule has 0 fully saturated rings. The fraction of sp³-hybridized carbons (Fsp3) is 0.923. The zero-order chi connectivity index (χ0) is 12.4. The second kappa shape index (κ2) is 10.4. The second-order valence-electron chi connectivity index (χ2n) is 4.50. The van der Waals surface area contributed by atoms with Gasteiger partial charge in [0.05, 0.1) is 0 Å². The van der Waals surface area contributed by atoms with Crippen LogP contribution in [-0.2, 0) is 0 Å². The average molecular weight is 261 g/mol. The summed E-state index contributed by atoms with van der Waals surface area (Å²) in [7, 11) is 0. The molecule has 1 unspecified atom stereocenters. The van der Waals surface area contributed by atoms with Crippen molar-refractivity contribution in [3.05, 3.63) is 0 Å². The topological polar surface area (TPSA) is 3.24 Å². The lowest BCUT2D eigenvalue weighted by Crippen LogP contribution is -2.32. The van der Waals surface area contributed by atoms with Gasteiger partial charge in [-0.25, -0.2) is 0 Å². The second-order valence-corrected chi connectivity index (χ2v) is 5.61. The highest BCUT2D eigenvalue weighted by Gasteiger charge is 2.12. The minimum atomic E-state index is 0.767. The third-order valence-electron chi connectivity index (χ3n) is 3.07. The summed E-state index contributed by atoms with van der Waals surface area (Å²) >= 11 is 9.53. The molecule has 0 aliphatic rings. The highest BCUT2D eigenvalue weighted by Crippen LogP contribution is 2.15. The minimum absolute atomic E-state index is 0.767. The fourth-order valence-corrected chi connectivity index (χ4v) is 2.19. The van der Waals surface area contributed by atoms with Crippen molar-refractivity contribution in [1.29, 1.82) is 0 Å². The molecule has 0 radical (unpaired) electrons. The summed E-state index contributed by atoms with van der Waals surface area (Å²) in [6.07, 6.45) is 7.63. The Morgan fingerprint density at radius 1 is 1.19 bits per heavy atom.